The van der Waals surface area contributed by atoms with Crippen LogP contribution < -0.4 is 0 Å². The second-order valence-corrected chi connectivity index (χ2v) is 3.37. The summed E-state index contributed by atoms with van der Waals surface area (Å²) in [5.74, 6) is -0.503. The molecule has 16 heavy (non-hydrogen) atoms. The highest BCUT2D eigenvalue weighted by atomic mass is 19.1. The summed E-state index contributed by atoms with van der Waals surface area (Å²) in [5.41, 5.74) is 1.14. The summed E-state index contributed by atoms with van der Waals surface area (Å²) in [6.45, 7) is 0. The fourth-order valence-corrected chi connectivity index (χ4v) is 1.51. The van der Waals surface area contributed by atoms with Crippen LogP contribution in [0.2, 0.25) is 0 Å². The lowest BCUT2D eigenvalue weighted by molar-refractivity contribution is 0.112. The smallest absolute Gasteiger partial charge is 0.153 e. The number of aldehydes is 1. The third-order valence-electron chi connectivity index (χ3n) is 2.34. The molecule has 0 aromatic heterocycles. The Morgan fingerprint density at radius 3 is 2.50 bits per heavy atom. The van der Waals surface area contributed by atoms with Crippen LogP contribution in [-0.4, -0.2) is 11.4 Å². The van der Waals surface area contributed by atoms with Crippen molar-refractivity contribution in [1.82, 2.24) is 0 Å². The molecule has 0 aliphatic carbocycles. The fraction of sp³-hybridized carbons (Fsp3) is 0. The molecule has 0 atom stereocenters. The molecule has 0 radical (unpaired) electrons. The van der Waals surface area contributed by atoms with Gasteiger partial charge in [0.05, 0.1) is 5.56 Å². The van der Waals surface area contributed by atoms with E-state index in [1.165, 1.54) is 18.2 Å². The minimum atomic E-state index is -0.360. The molecule has 2 aromatic carbocycles. The number of aromatic hydroxyl groups is 1. The number of hydrogen-bond donors (Lipinski definition) is 1. The fourth-order valence-electron chi connectivity index (χ4n) is 1.51. The molecule has 0 saturated carbocycles. The van der Waals surface area contributed by atoms with Crippen molar-refractivity contribution in [1.29, 1.82) is 0 Å². The lowest BCUT2D eigenvalue weighted by atomic mass is 10.0. The molecule has 3 heteroatoms. The first-order valence-corrected chi connectivity index (χ1v) is 4.75. The highest BCUT2D eigenvalue weighted by Crippen LogP contribution is 2.27. The van der Waals surface area contributed by atoms with E-state index in [1.807, 2.05) is 0 Å². The van der Waals surface area contributed by atoms with Crippen LogP contribution in [0, 0.1) is 5.82 Å². The Balaban J connectivity index is 2.54. The molecule has 80 valence electrons. The zero-order chi connectivity index (χ0) is 11.5. The molecule has 0 bridgehead atoms. The van der Waals surface area contributed by atoms with Gasteiger partial charge >= 0.3 is 0 Å². The number of carbonyl (C=O) groups is 1. The number of rotatable bonds is 2. The number of hydrogen-bond acceptors (Lipinski definition) is 2. The van der Waals surface area contributed by atoms with Crippen molar-refractivity contribution in [3.8, 4) is 16.9 Å². The van der Waals surface area contributed by atoms with Gasteiger partial charge in [0, 0.05) is 5.56 Å². The molecule has 0 aliphatic heterocycles. The van der Waals surface area contributed by atoms with E-state index in [2.05, 4.69) is 0 Å². The Hall–Kier alpha value is -2.16. The van der Waals surface area contributed by atoms with Crippen LogP contribution in [-0.2, 0) is 0 Å². The first-order chi connectivity index (χ1) is 7.72. The second-order valence-electron chi connectivity index (χ2n) is 3.37. The lowest BCUT2D eigenvalue weighted by Gasteiger charge is -2.04. The normalized spacial score (nSPS) is 10.1. The summed E-state index contributed by atoms with van der Waals surface area (Å²) in [6.07, 6.45) is 0.556. The Bertz CT molecular complexity index is 535. The van der Waals surface area contributed by atoms with Gasteiger partial charge in [-0.05, 0) is 23.8 Å². The zero-order valence-electron chi connectivity index (χ0n) is 8.35. The van der Waals surface area contributed by atoms with E-state index in [-0.39, 0.29) is 17.1 Å². The third kappa shape index (κ3) is 1.80. The van der Waals surface area contributed by atoms with Gasteiger partial charge < -0.3 is 5.11 Å². The van der Waals surface area contributed by atoms with E-state index in [0.29, 0.717) is 17.4 Å². The minimum absolute atomic E-state index is 0.143. The van der Waals surface area contributed by atoms with Crippen molar-refractivity contribution in [2.45, 2.75) is 0 Å². The Morgan fingerprint density at radius 2 is 1.88 bits per heavy atom. The molecule has 0 unspecified atom stereocenters. The number of phenolic OH excluding ortho intramolecular Hbond substituents is 1. The molecular weight excluding hydrogens is 207 g/mol. The van der Waals surface area contributed by atoms with Crippen LogP contribution in [0.25, 0.3) is 11.1 Å². The first kappa shape index (κ1) is 10.4. The SMILES string of the molecule is O=Cc1ccc(-c2ccccc2F)cc1O. The Morgan fingerprint density at radius 1 is 1.12 bits per heavy atom. The van der Waals surface area contributed by atoms with E-state index < -0.39 is 0 Å². The molecule has 0 aliphatic rings. The van der Waals surface area contributed by atoms with Gasteiger partial charge in [-0.25, -0.2) is 4.39 Å². The summed E-state index contributed by atoms with van der Waals surface area (Å²) in [6, 6.07) is 10.7. The summed E-state index contributed by atoms with van der Waals surface area (Å²) in [7, 11) is 0. The predicted molar refractivity (Wildman–Crippen MR) is 58.9 cm³/mol. The van der Waals surface area contributed by atoms with Crippen molar-refractivity contribution in [2.75, 3.05) is 0 Å². The summed E-state index contributed by atoms with van der Waals surface area (Å²) in [5, 5.41) is 9.49. The largest absolute Gasteiger partial charge is 0.507 e. The summed E-state index contributed by atoms with van der Waals surface area (Å²) in [4.78, 5) is 10.5. The Labute approximate surface area is 92.0 Å². The number of benzene rings is 2. The van der Waals surface area contributed by atoms with Crippen LogP contribution in [0.15, 0.2) is 42.5 Å². The number of phenols is 1. The molecule has 0 heterocycles. The predicted octanol–water partition coefficient (Wildman–Crippen LogP) is 3.01. The topological polar surface area (TPSA) is 37.3 Å². The van der Waals surface area contributed by atoms with Crippen molar-refractivity contribution in [3.63, 3.8) is 0 Å². The molecule has 0 saturated heterocycles. The maximum atomic E-state index is 13.4. The summed E-state index contributed by atoms with van der Waals surface area (Å²) < 4.78 is 13.4. The van der Waals surface area contributed by atoms with Crippen molar-refractivity contribution < 1.29 is 14.3 Å². The van der Waals surface area contributed by atoms with Gasteiger partial charge in [0.25, 0.3) is 0 Å². The van der Waals surface area contributed by atoms with E-state index in [0.717, 1.165) is 0 Å². The van der Waals surface area contributed by atoms with Gasteiger partial charge in [-0.1, -0.05) is 24.3 Å². The molecule has 0 fully saturated rings. The highest BCUT2D eigenvalue weighted by Gasteiger charge is 2.06. The van der Waals surface area contributed by atoms with Gasteiger partial charge in [-0.2, -0.15) is 0 Å². The maximum Gasteiger partial charge on any atom is 0.153 e. The van der Waals surface area contributed by atoms with Crippen LogP contribution in [0.4, 0.5) is 4.39 Å². The van der Waals surface area contributed by atoms with Crippen molar-refractivity contribution in [3.05, 3.63) is 53.8 Å². The monoisotopic (exact) mass is 216 g/mol. The average molecular weight is 216 g/mol. The minimum Gasteiger partial charge on any atom is -0.507 e. The van der Waals surface area contributed by atoms with E-state index in [9.17, 15) is 14.3 Å². The standard InChI is InChI=1S/C13H9FO2/c14-12-4-2-1-3-11(12)9-5-6-10(8-15)13(16)7-9/h1-8,16H. The molecular formula is C13H9FO2. The maximum absolute atomic E-state index is 13.4. The zero-order valence-corrected chi connectivity index (χ0v) is 8.35. The van der Waals surface area contributed by atoms with Crippen LogP contribution in [0.3, 0.4) is 0 Å². The van der Waals surface area contributed by atoms with E-state index >= 15 is 0 Å². The molecule has 0 spiro atoms. The number of carbonyl (C=O) groups excluding carboxylic acids is 1. The Kier molecular flexibility index (Phi) is 2.68. The van der Waals surface area contributed by atoms with Gasteiger partial charge in [0.2, 0.25) is 0 Å². The summed E-state index contributed by atoms with van der Waals surface area (Å²) >= 11 is 0. The third-order valence-corrected chi connectivity index (χ3v) is 2.34. The van der Waals surface area contributed by atoms with Gasteiger partial charge in [0.15, 0.2) is 6.29 Å². The van der Waals surface area contributed by atoms with Crippen molar-refractivity contribution >= 4 is 6.29 Å². The molecule has 2 nitrogen and oxygen atoms in total. The van der Waals surface area contributed by atoms with Gasteiger partial charge in [-0.15, -0.1) is 0 Å². The molecule has 0 amide bonds. The van der Waals surface area contributed by atoms with Crippen LogP contribution >= 0.6 is 0 Å². The van der Waals surface area contributed by atoms with Crippen molar-refractivity contribution in [2.24, 2.45) is 0 Å². The van der Waals surface area contributed by atoms with E-state index in [4.69, 9.17) is 0 Å². The first-order valence-electron chi connectivity index (χ1n) is 4.75. The lowest BCUT2D eigenvalue weighted by Crippen LogP contribution is -1.86. The number of halogens is 1. The quantitative estimate of drug-likeness (QED) is 0.783. The van der Waals surface area contributed by atoms with Crippen LogP contribution in [0.1, 0.15) is 10.4 Å². The average Bonchev–Trinajstić information content (AvgIpc) is 2.29. The van der Waals surface area contributed by atoms with Gasteiger partial charge in [-0.3, -0.25) is 4.79 Å². The molecule has 2 aromatic rings. The second kappa shape index (κ2) is 4.14. The molecule has 2 rings (SSSR count). The van der Waals surface area contributed by atoms with Gasteiger partial charge in [0.1, 0.15) is 11.6 Å². The molecule has 1 N–H and O–H groups in total. The van der Waals surface area contributed by atoms with Crippen LogP contribution in [0.5, 0.6) is 5.75 Å². The highest BCUT2D eigenvalue weighted by molar-refractivity contribution is 5.81. The van der Waals surface area contributed by atoms with E-state index in [1.54, 1.807) is 24.3 Å².